The number of aromatic nitrogens is 2. The molecule has 1 amide bonds. The van der Waals surface area contributed by atoms with E-state index in [1.165, 1.54) is 25.3 Å². The number of aliphatic hydroxyl groups is 1. The fourth-order valence-corrected chi connectivity index (χ4v) is 4.83. The molecule has 0 atom stereocenters. The van der Waals surface area contributed by atoms with E-state index in [0.717, 1.165) is 11.3 Å². The van der Waals surface area contributed by atoms with Gasteiger partial charge in [-0.3, -0.25) is 15.2 Å². The molecule has 0 aliphatic carbocycles. The summed E-state index contributed by atoms with van der Waals surface area (Å²) in [5.74, 6) is -0.147. The Balaban J connectivity index is 1.68. The first kappa shape index (κ1) is 22.8. The van der Waals surface area contributed by atoms with Gasteiger partial charge in [-0.25, -0.2) is 8.42 Å². The van der Waals surface area contributed by atoms with Crippen LogP contribution in [-0.2, 0) is 27.0 Å². The van der Waals surface area contributed by atoms with Crippen molar-refractivity contribution < 1.29 is 23.1 Å². The van der Waals surface area contributed by atoms with Crippen molar-refractivity contribution >= 4 is 50.5 Å². The van der Waals surface area contributed by atoms with Gasteiger partial charge in [-0.2, -0.15) is 0 Å². The molecule has 3 rings (SSSR count). The quantitative estimate of drug-likeness (QED) is 0.336. The molecular formula is C20H19N3O5S3. The molecule has 0 fully saturated rings. The number of rotatable bonds is 8. The lowest BCUT2D eigenvalue weighted by atomic mass is 10.1. The van der Waals surface area contributed by atoms with Crippen LogP contribution in [0.15, 0.2) is 53.4 Å². The number of nitrogens with zero attached hydrogens (tertiary/aromatic N) is 1. The second-order valence-electron chi connectivity index (χ2n) is 6.37. The van der Waals surface area contributed by atoms with E-state index in [4.69, 9.17) is 17.0 Å². The first-order valence-electron chi connectivity index (χ1n) is 8.95. The van der Waals surface area contributed by atoms with Crippen LogP contribution in [-0.4, -0.2) is 36.7 Å². The number of hydrogen-bond acceptors (Lipinski definition) is 8. The summed E-state index contributed by atoms with van der Waals surface area (Å²) in [6.07, 6.45) is 2.89. The van der Waals surface area contributed by atoms with Crippen molar-refractivity contribution in [1.82, 2.24) is 10.2 Å². The number of aliphatic hydroxyl groups excluding tert-OH is 1. The highest BCUT2D eigenvalue weighted by Gasteiger charge is 2.16. The predicted molar refractivity (Wildman–Crippen MR) is 121 cm³/mol. The lowest BCUT2D eigenvalue weighted by molar-refractivity contribution is -0.111. The third-order valence-corrected chi connectivity index (χ3v) is 6.92. The van der Waals surface area contributed by atoms with Gasteiger partial charge in [0.05, 0.1) is 24.4 Å². The van der Waals surface area contributed by atoms with Crippen LogP contribution in [0, 0.1) is 3.95 Å². The fourth-order valence-electron chi connectivity index (χ4n) is 2.70. The molecule has 0 spiro atoms. The Morgan fingerprint density at radius 3 is 2.65 bits per heavy atom. The van der Waals surface area contributed by atoms with Gasteiger partial charge in [0.2, 0.25) is 11.0 Å². The van der Waals surface area contributed by atoms with Crippen LogP contribution in [0.2, 0.25) is 0 Å². The molecule has 3 aromatic rings. The number of anilines is 1. The summed E-state index contributed by atoms with van der Waals surface area (Å²) >= 11 is 6.04. The van der Waals surface area contributed by atoms with E-state index in [9.17, 15) is 18.3 Å². The maximum atomic E-state index is 12.7. The highest BCUT2D eigenvalue weighted by Crippen LogP contribution is 2.24. The SMILES string of the molecule is COc1cc(CS(=O)(=O)c2ccc(/C=C/C(=O)Nc3n[nH]c(=S)s3)cc2)ccc1CO. The largest absolute Gasteiger partial charge is 0.496 e. The number of methoxy groups -OCH3 is 1. The number of carbonyl (C=O) groups excluding carboxylic acids is 1. The smallest absolute Gasteiger partial charge is 0.250 e. The molecule has 0 bridgehead atoms. The second kappa shape index (κ2) is 9.96. The van der Waals surface area contributed by atoms with Gasteiger partial charge in [0.25, 0.3) is 0 Å². The third kappa shape index (κ3) is 6.07. The molecule has 0 aliphatic heterocycles. The van der Waals surface area contributed by atoms with Gasteiger partial charge in [-0.1, -0.05) is 35.6 Å². The number of sulfone groups is 1. The summed E-state index contributed by atoms with van der Waals surface area (Å²) in [7, 11) is -2.12. The molecule has 2 aromatic carbocycles. The van der Waals surface area contributed by atoms with Crippen LogP contribution in [0.4, 0.5) is 5.13 Å². The second-order valence-corrected chi connectivity index (χ2v) is 10.0. The molecule has 0 unspecified atom stereocenters. The van der Waals surface area contributed by atoms with Gasteiger partial charge in [0.15, 0.2) is 13.8 Å². The Labute approximate surface area is 188 Å². The lowest BCUT2D eigenvalue weighted by Crippen LogP contribution is -2.07. The maximum absolute atomic E-state index is 12.7. The molecular weight excluding hydrogens is 458 g/mol. The van der Waals surface area contributed by atoms with Crippen LogP contribution in [0.1, 0.15) is 16.7 Å². The van der Waals surface area contributed by atoms with Gasteiger partial charge < -0.3 is 9.84 Å². The Morgan fingerprint density at radius 1 is 1.29 bits per heavy atom. The zero-order valence-corrected chi connectivity index (χ0v) is 18.8. The van der Waals surface area contributed by atoms with E-state index in [2.05, 4.69) is 15.5 Å². The van der Waals surface area contributed by atoms with E-state index in [-0.39, 0.29) is 23.2 Å². The Kier molecular flexibility index (Phi) is 7.33. The number of nitrogens with one attached hydrogen (secondary N) is 2. The number of H-pyrrole nitrogens is 1. The molecule has 162 valence electrons. The van der Waals surface area contributed by atoms with Gasteiger partial charge in [-0.15, -0.1) is 5.10 Å². The minimum atomic E-state index is -3.59. The van der Waals surface area contributed by atoms with Gasteiger partial charge in [0, 0.05) is 11.6 Å². The number of benzene rings is 2. The highest BCUT2D eigenvalue weighted by atomic mass is 32.2. The summed E-state index contributed by atoms with van der Waals surface area (Å²) in [6, 6.07) is 11.1. The zero-order chi connectivity index (χ0) is 22.4. The van der Waals surface area contributed by atoms with Crippen LogP contribution < -0.4 is 10.1 Å². The normalized spacial score (nSPS) is 11.5. The maximum Gasteiger partial charge on any atom is 0.250 e. The van der Waals surface area contributed by atoms with E-state index in [0.29, 0.717) is 31.5 Å². The monoisotopic (exact) mass is 477 g/mol. The molecule has 11 heteroatoms. The van der Waals surface area contributed by atoms with Crippen molar-refractivity contribution in [2.45, 2.75) is 17.3 Å². The van der Waals surface area contributed by atoms with Crippen molar-refractivity contribution in [3.63, 3.8) is 0 Å². The molecule has 0 radical (unpaired) electrons. The zero-order valence-electron chi connectivity index (χ0n) is 16.4. The van der Waals surface area contributed by atoms with Crippen molar-refractivity contribution in [2.24, 2.45) is 0 Å². The standard InChI is InChI=1S/C20H19N3O5S3/c1-28-17-10-14(2-6-15(17)11-24)12-31(26,27)16-7-3-13(4-8-16)5-9-18(25)21-19-22-23-20(29)30-19/h2-10,24H,11-12H2,1H3,(H,23,29)(H,21,22,25)/b9-5+. The minimum absolute atomic E-state index is 0.163. The number of amides is 1. The van der Waals surface area contributed by atoms with Gasteiger partial charge in [-0.05, 0) is 47.6 Å². The van der Waals surface area contributed by atoms with Crippen LogP contribution in [0.3, 0.4) is 0 Å². The van der Waals surface area contributed by atoms with Crippen molar-refractivity contribution in [3.05, 3.63) is 69.2 Å². The summed E-state index contributed by atoms with van der Waals surface area (Å²) in [5.41, 5.74) is 1.80. The van der Waals surface area contributed by atoms with Gasteiger partial charge >= 0.3 is 0 Å². The average Bonchev–Trinajstić information content (AvgIpc) is 3.16. The van der Waals surface area contributed by atoms with E-state index in [1.807, 2.05) is 0 Å². The first-order chi connectivity index (χ1) is 14.8. The van der Waals surface area contributed by atoms with Crippen LogP contribution in [0.5, 0.6) is 5.75 Å². The summed E-state index contributed by atoms with van der Waals surface area (Å²) < 4.78 is 31.1. The highest BCUT2D eigenvalue weighted by molar-refractivity contribution is 7.90. The van der Waals surface area contributed by atoms with Crippen molar-refractivity contribution in [3.8, 4) is 5.75 Å². The Bertz CT molecular complexity index is 1260. The molecule has 0 saturated heterocycles. The molecule has 31 heavy (non-hydrogen) atoms. The Hall–Kier alpha value is -2.86. The molecule has 1 aromatic heterocycles. The predicted octanol–water partition coefficient (Wildman–Crippen LogP) is 3.33. The Morgan fingerprint density at radius 2 is 2.03 bits per heavy atom. The van der Waals surface area contributed by atoms with Crippen LogP contribution in [0.25, 0.3) is 6.08 Å². The van der Waals surface area contributed by atoms with Crippen molar-refractivity contribution in [2.75, 3.05) is 12.4 Å². The van der Waals surface area contributed by atoms with E-state index >= 15 is 0 Å². The van der Waals surface area contributed by atoms with Crippen LogP contribution >= 0.6 is 23.6 Å². The average molecular weight is 478 g/mol. The number of ether oxygens (including phenoxy) is 1. The third-order valence-electron chi connectivity index (χ3n) is 4.21. The van der Waals surface area contributed by atoms with Gasteiger partial charge in [0.1, 0.15) is 5.75 Å². The number of hydrogen-bond donors (Lipinski definition) is 3. The number of aromatic amines is 1. The van der Waals surface area contributed by atoms with E-state index < -0.39 is 9.84 Å². The molecule has 8 nitrogen and oxygen atoms in total. The number of carbonyl (C=O) groups is 1. The molecule has 0 saturated carbocycles. The molecule has 3 N–H and O–H groups in total. The first-order valence-corrected chi connectivity index (χ1v) is 11.8. The summed E-state index contributed by atoms with van der Waals surface area (Å²) in [6.45, 7) is -0.194. The van der Waals surface area contributed by atoms with E-state index in [1.54, 1.807) is 36.4 Å². The van der Waals surface area contributed by atoms with Crippen molar-refractivity contribution in [1.29, 1.82) is 0 Å². The topological polar surface area (TPSA) is 121 Å². The lowest BCUT2D eigenvalue weighted by Gasteiger charge is -2.10. The molecule has 0 aliphatic rings. The minimum Gasteiger partial charge on any atom is -0.496 e. The fraction of sp³-hybridized carbons (Fsp3) is 0.150. The summed E-state index contributed by atoms with van der Waals surface area (Å²) in [4.78, 5) is 12.1. The molecule has 1 heterocycles. The summed E-state index contributed by atoms with van der Waals surface area (Å²) in [5, 5.41) is 18.6.